The predicted molar refractivity (Wildman–Crippen MR) is 61.9 cm³/mol. The van der Waals surface area contributed by atoms with Crippen molar-refractivity contribution in [3.05, 3.63) is 0 Å². The van der Waals surface area contributed by atoms with Crippen molar-refractivity contribution >= 4 is 11.6 Å². The maximum atomic E-state index is 6.03. The van der Waals surface area contributed by atoms with Gasteiger partial charge in [0.1, 0.15) is 0 Å². The molecule has 0 N–H and O–H groups in total. The van der Waals surface area contributed by atoms with Crippen molar-refractivity contribution in [1.82, 2.24) is 4.90 Å². The second kappa shape index (κ2) is 4.85. The van der Waals surface area contributed by atoms with Gasteiger partial charge in [-0.25, -0.2) is 0 Å². The zero-order chi connectivity index (χ0) is 9.97. The first-order chi connectivity index (χ1) is 6.86. The van der Waals surface area contributed by atoms with Crippen LogP contribution in [0.25, 0.3) is 0 Å². The van der Waals surface area contributed by atoms with Crippen LogP contribution in [0, 0.1) is 5.92 Å². The van der Waals surface area contributed by atoms with Crippen molar-refractivity contribution in [1.29, 1.82) is 0 Å². The van der Waals surface area contributed by atoms with E-state index < -0.39 is 0 Å². The van der Waals surface area contributed by atoms with Crippen molar-refractivity contribution in [2.45, 2.75) is 57.5 Å². The summed E-state index contributed by atoms with van der Waals surface area (Å²) >= 11 is 6.03. The Labute approximate surface area is 92.8 Å². The fraction of sp³-hybridized carbons (Fsp3) is 1.00. The number of likely N-dealkylation sites (tertiary alicyclic amines) is 1. The molecule has 1 saturated carbocycles. The first-order valence-electron chi connectivity index (χ1n) is 6.18. The molecule has 1 aliphatic carbocycles. The van der Waals surface area contributed by atoms with Crippen molar-refractivity contribution in [3.8, 4) is 0 Å². The summed E-state index contributed by atoms with van der Waals surface area (Å²) in [6, 6.07) is 1.68. The Hall–Kier alpha value is 0.250. The van der Waals surface area contributed by atoms with Crippen LogP contribution in [0.1, 0.15) is 45.4 Å². The molecule has 2 unspecified atom stereocenters. The molecular formula is C12H22ClN. The van der Waals surface area contributed by atoms with Gasteiger partial charge in [-0.05, 0) is 38.1 Å². The van der Waals surface area contributed by atoms with E-state index in [0.29, 0.717) is 0 Å². The van der Waals surface area contributed by atoms with Crippen LogP contribution in [0.3, 0.4) is 0 Å². The summed E-state index contributed by atoms with van der Waals surface area (Å²) in [5.41, 5.74) is 0. The van der Waals surface area contributed by atoms with Crippen LogP contribution >= 0.6 is 11.6 Å². The zero-order valence-corrected chi connectivity index (χ0v) is 9.97. The Kier molecular flexibility index (Phi) is 3.73. The van der Waals surface area contributed by atoms with Crippen LogP contribution in [0.4, 0.5) is 0 Å². The number of nitrogens with zero attached hydrogens (tertiary/aromatic N) is 1. The summed E-state index contributed by atoms with van der Waals surface area (Å²) in [5.74, 6) is 1.63. The number of rotatable bonds is 3. The molecule has 0 amide bonds. The summed E-state index contributed by atoms with van der Waals surface area (Å²) in [6.45, 7) is 3.62. The molecule has 0 radical (unpaired) electrons. The Morgan fingerprint density at radius 2 is 1.93 bits per heavy atom. The molecule has 1 heterocycles. The molecule has 2 atom stereocenters. The smallest absolute Gasteiger partial charge is 0.0267 e. The van der Waals surface area contributed by atoms with Crippen LogP contribution < -0.4 is 0 Å². The van der Waals surface area contributed by atoms with Gasteiger partial charge in [0.15, 0.2) is 0 Å². The minimum Gasteiger partial charge on any atom is -0.297 e. The van der Waals surface area contributed by atoms with Gasteiger partial charge in [0.2, 0.25) is 0 Å². The highest BCUT2D eigenvalue weighted by molar-refractivity contribution is 6.18. The normalized spacial score (nSPS) is 35.6. The predicted octanol–water partition coefficient (Wildman–Crippen LogP) is 3.27. The largest absolute Gasteiger partial charge is 0.297 e. The van der Waals surface area contributed by atoms with Crippen molar-refractivity contribution in [3.63, 3.8) is 0 Å². The van der Waals surface area contributed by atoms with Crippen molar-refractivity contribution in [2.24, 2.45) is 5.92 Å². The van der Waals surface area contributed by atoms with E-state index in [-0.39, 0.29) is 0 Å². The molecule has 2 aliphatic rings. The third-order valence-electron chi connectivity index (χ3n) is 4.14. The molecule has 2 fully saturated rings. The monoisotopic (exact) mass is 215 g/mol. The summed E-state index contributed by atoms with van der Waals surface area (Å²) < 4.78 is 0. The van der Waals surface area contributed by atoms with Gasteiger partial charge in [0.05, 0.1) is 0 Å². The molecule has 2 heteroatoms. The maximum absolute atomic E-state index is 6.03. The molecule has 0 spiro atoms. The number of hydrogen-bond donors (Lipinski definition) is 0. The summed E-state index contributed by atoms with van der Waals surface area (Å²) in [6.07, 6.45) is 8.38. The molecule has 1 saturated heterocycles. The Bertz CT molecular complexity index is 177. The topological polar surface area (TPSA) is 3.24 Å². The van der Waals surface area contributed by atoms with Crippen LogP contribution in [0.5, 0.6) is 0 Å². The van der Waals surface area contributed by atoms with E-state index >= 15 is 0 Å². The lowest BCUT2D eigenvalue weighted by Gasteiger charge is -2.31. The molecular weight excluding hydrogens is 194 g/mol. The zero-order valence-electron chi connectivity index (χ0n) is 9.21. The quantitative estimate of drug-likeness (QED) is 0.654. The van der Waals surface area contributed by atoms with Gasteiger partial charge in [-0.3, -0.25) is 4.90 Å². The molecule has 1 nitrogen and oxygen atoms in total. The molecule has 14 heavy (non-hydrogen) atoms. The lowest BCUT2D eigenvalue weighted by Crippen LogP contribution is -2.39. The molecule has 0 aromatic heterocycles. The molecule has 0 aromatic rings. The number of halogens is 1. The van der Waals surface area contributed by atoms with Crippen molar-refractivity contribution < 1.29 is 0 Å². The average molecular weight is 216 g/mol. The lowest BCUT2D eigenvalue weighted by atomic mass is 10.00. The van der Waals surface area contributed by atoms with Gasteiger partial charge in [-0.15, -0.1) is 11.6 Å². The van der Waals surface area contributed by atoms with Gasteiger partial charge in [-0.1, -0.05) is 19.8 Å². The minimum absolute atomic E-state index is 0.766. The third-order valence-corrected chi connectivity index (χ3v) is 4.53. The van der Waals surface area contributed by atoms with E-state index in [9.17, 15) is 0 Å². The van der Waals surface area contributed by atoms with Gasteiger partial charge in [0.25, 0.3) is 0 Å². The fourth-order valence-electron chi connectivity index (χ4n) is 3.38. The summed E-state index contributed by atoms with van der Waals surface area (Å²) in [7, 11) is 0. The van der Waals surface area contributed by atoms with Gasteiger partial charge >= 0.3 is 0 Å². The standard InChI is InChI=1S/C12H22ClN/c1-2-12-10(9-13)7-8-14(12)11-5-3-4-6-11/h10-12H,2-9H2,1H3. The van der Waals surface area contributed by atoms with Gasteiger partial charge in [-0.2, -0.15) is 0 Å². The highest BCUT2D eigenvalue weighted by Crippen LogP contribution is 2.34. The van der Waals surface area contributed by atoms with Crippen molar-refractivity contribution in [2.75, 3.05) is 12.4 Å². The molecule has 0 aromatic carbocycles. The Morgan fingerprint density at radius 1 is 1.21 bits per heavy atom. The van der Waals surface area contributed by atoms with E-state index in [1.807, 2.05) is 0 Å². The highest BCUT2D eigenvalue weighted by Gasteiger charge is 2.36. The minimum atomic E-state index is 0.766. The Balaban J connectivity index is 1.97. The van der Waals surface area contributed by atoms with Crippen LogP contribution in [-0.4, -0.2) is 29.4 Å². The maximum Gasteiger partial charge on any atom is 0.0267 e. The lowest BCUT2D eigenvalue weighted by molar-refractivity contribution is 0.162. The second-order valence-electron chi connectivity index (χ2n) is 4.85. The molecule has 82 valence electrons. The van der Waals surface area contributed by atoms with E-state index in [2.05, 4.69) is 11.8 Å². The number of hydrogen-bond acceptors (Lipinski definition) is 1. The van der Waals surface area contributed by atoms with E-state index in [1.165, 1.54) is 45.1 Å². The number of alkyl halides is 1. The third kappa shape index (κ3) is 1.94. The highest BCUT2D eigenvalue weighted by atomic mass is 35.5. The molecule has 2 rings (SSSR count). The van der Waals surface area contributed by atoms with E-state index in [0.717, 1.165) is 23.9 Å². The van der Waals surface area contributed by atoms with Crippen LogP contribution in [-0.2, 0) is 0 Å². The van der Waals surface area contributed by atoms with E-state index in [4.69, 9.17) is 11.6 Å². The van der Waals surface area contributed by atoms with Crippen LogP contribution in [0.2, 0.25) is 0 Å². The summed E-state index contributed by atoms with van der Waals surface area (Å²) in [4.78, 5) is 2.76. The first-order valence-corrected chi connectivity index (χ1v) is 6.72. The SMILES string of the molecule is CCC1C(CCl)CCN1C1CCCC1. The van der Waals surface area contributed by atoms with E-state index in [1.54, 1.807) is 0 Å². The van der Waals surface area contributed by atoms with Gasteiger partial charge in [0, 0.05) is 18.0 Å². The summed E-state index contributed by atoms with van der Waals surface area (Å²) in [5, 5.41) is 0. The average Bonchev–Trinajstić information content (AvgIpc) is 2.85. The molecule has 1 aliphatic heterocycles. The molecule has 0 bridgehead atoms. The van der Waals surface area contributed by atoms with Crippen LogP contribution in [0.15, 0.2) is 0 Å². The first kappa shape index (κ1) is 10.8. The Morgan fingerprint density at radius 3 is 2.50 bits per heavy atom. The van der Waals surface area contributed by atoms with Gasteiger partial charge < -0.3 is 0 Å². The fourth-order valence-corrected chi connectivity index (χ4v) is 3.74. The second-order valence-corrected chi connectivity index (χ2v) is 5.16.